The van der Waals surface area contributed by atoms with Gasteiger partial charge in [-0.05, 0) is 19.5 Å². The van der Waals surface area contributed by atoms with Crippen molar-refractivity contribution in [3.05, 3.63) is 0 Å². The van der Waals surface area contributed by atoms with Crippen LogP contribution in [0.4, 0.5) is 4.79 Å². The summed E-state index contributed by atoms with van der Waals surface area (Å²) in [6, 6.07) is 0. The molecule has 0 aromatic carbocycles. The van der Waals surface area contributed by atoms with Crippen LogP contribution in [0.2, 0.25) is 0 Å². The lowest BCUT2D eigenvalue weighted by Crippen LogP contribution is -2.50. The van der Waals surface area contributed by atoms with Crippen LogP contribution in [0.15, 0.2) is 0 Å². The van der Waals surface area contributed by atoms with Crippen molar-refractivity contribution >= 4 is 12.1 Å². The normalized spacial score (nSPS) is 25.4. The van der Waals surface area contributed by atoms with Crippen LogP contribution in [0.3, 0.4) is 0 Å². The molecule has 29 heavy (non-hydrogen) atoms. The predicted octanol–water partition coefficient (Wildman–Crippen LogP) is -0.375. The van der Waals surface area contributed by atoms with E-state index in [4.69, 9.17) is 9.47 Å². The van der Waals surface area contributed by atoms with E-state index in [1.165, 1.54) is 7.11 Å². The topological polar surface area (TPSA) is 68.8 Å². The number of piperazine rings is 2. The van der Waals surface area contributed by atoms with Crippen LogP contribution in [0, 0.1) is 0 Å². The summed E-state index contributed by atoms with van der Waals surface area (Å²) in [5, 5.41) is 0. The number of esters is 1. The standard InChI is InChI=1S/C20H37N5O4/c1-3-21-7-9-22(10-8-21)5-4-6-25-16-18(29-20(25)27)15-23-11-13-24(14-12-23)17-19(26)28-2/h18H,3-17H2,1-2H3. The van der Waals surface area contributed by atoms with Crippen LogP contribution in [0.25, 0.3) is 0 Å². The number of methoxy groups -OCH3 is 1. The van der Waals surface area contributed by atoms with Gasteiger partial charge in [-0.1, -0.05) is 6.92 Å². The van der Waals surface area contributed by atoms with Gasteiger partial charge in [-0.3, -0.25) is 14.6 Å². The van der Waals surface area contributed by atoms with Gasteiger partial charge < -0.3 is 24.2 Å². The van der Waals surface area contributed by atoms with Gasteiger partial charge in [-0.25, -0.2) is 4.79 Å². The number of ether oxygens (including phenoxy) is 2. The summed E-state index contributed by atoms with van der Waals surface area (Å²) in [6.07, 6.45) is 0.776. The summed E-state index contributed by atoms with van der Waals surface area (Å²) >= 11 is 0. The fourth-order valence-corrected chi connectivity index (χ4v) is 4.33. The average Bonchev–Trinajstić information content (AvgIpc) is 3.08. The molecule has 9 nitrogen and oxygen atoms in total. The lowest BCUT2D eigenvalue weighted by Gasteiger charge is -2.34. The van der Waals surface area contributed by atoms with Crippen molar-refractivity contribution in [2.75, 3.05) is 98.7 Å². The second-order valence-electron chi connectivity index (χ2n) is 8.23. The largest absolute Gasteiger partial charge is 0.468 e. The van der Waals surface area contributed by atoms with Gasteiger partial charge >= 0.3 is 12.1 Å². The molecule has 1 unspecified atom stereocenters. The molecule has 0 radical (unpaired) electrons. The van der Waals surface area contributed by atoms with Gasteiger partial charge in [0.1, 0.15) is 6.10 Å². The van der Waals surface area contributed by atoms with Crippen LogP contribution in [0.5, 0.6) is 0 Å². The molecule has 3 aliphatic rings. The third-order valence-corrected chi connectivity index (χ3v) is 6.27. The molecular formula is C20H37N5O4. The van der Waals surface area contributed by atoms with Gasteiger partial charge in [0.15, 0.2) is 0 Å². The SMILES string of the molecule is CCN1CCN(CCCN2CC(CN3CCN(CC(=O)OC)CC3)OC2=O)CC1. The van der Waals surface area contributed by atoms with E-state index in [1.807, 2.05) is 4.90 Å². The van der Waals surface area contributed by atoms with E-state index in [1.54, 1.807) is 0 Å². The second kappa shape index (κ2) is 11.1. The molecule has 3 aliphatic heterocycles. The minimum absolute atomic E-state index is 0.0530. The molecule has 3 saturated heterocycles. The summed E-state index contributed by atoms with van der Waals surface area (Å²) in [5.41, 5.74) is 0. The second-order valence-corrected chi connectivity index (χ2v) is 8.23. The van der Waals surface area contributed by atoms with E-state index in [0.29, 0.717) is 13.1 Å². The first-order valence-electron chi connectivity index (χ1n) is 11.0. The molecular weight excluding hydrogens is 374 g/mol. The Kier molecular flexibility index (Phi) is 8.53. The lowest BCUT2D eigenvalue weighted by atomic mass is 10.2. The third-order valence-electron chi connectivity index (χ3n) is 6.27. The average molecular weight is 412 g/mol. The highest BCUT2D eigenvalue weighted by molar-refractivity contribution is 5.71. The Labute approximate surface area is 174 Å². The summed E-state index contributed by atoms with van der Waals surface area (Å²) in [4.78, 5) is 34.9. The van der Waals surface area contributed by atoms with Crippen LogP contribution in [0.1, 0.15) is 13.3 Å². The molecule has 0 N–H and O–H groups in total. The molecule has 0 bridgehead atoms. The van der Waals surface area contributed by atoms with Crippen LogP contribution >= 0.6 is 0 Å². The van der Waals surface area contributed by atoms with E-state index in [9.17, 15) is 9.59 Å². The zero-order valence-corrected chi connectivity index (χ0v) is 18.1. The van der Waals surface area contributed by atoms with Gasteiger partial charge in [0.2, 0.25) is 0 Å². The molecule has 0 aromatic heterocycles. The number of carbonyl (C=O) groups is 2. The van der Waals surface area contributed by atoms with Gasteiger partial charge in [0.25, 0.3) is 0 Å². The first kappa shape index (κ1) is 22.3. The lowest BCUT2D eigenvalue weighted by molar-refractivity contribution is -0.142. The summed E-state index contributed by atoms with van der Waals surface area (Å²) in [5.74, 6) is -0.189. The van der Waals surface area contributed by atoms with E-state index < -0.39 is 0 Å². The molecule has 9 heteroatoms. The van der Waals surface area contributed by atoms with Crippen LogP contribution < -0.4 is 0 Å². The Hall–Kier alpha value is -1.42. The van der Waals surface area contributed by atoms with Crippen molar-refractivity contribution in [2.45, 2.75) is 19.4 Å². The fourth-order valence-electron chi connectivity index (χ4n) is 4.33. The Morgan fingerprint density at radius 2 is 1.59 bits per heavy atom. The molecule has 1 amide bonds. The number of amides is 1. The zero-order chi connectivity index (χ0) is 20.6. The molecule has 0 spiro atoms. The molecule has 3 fully saturated rings. The number of cyclic esters (lactones) is 1. The molecule has 0 saturated carbocycles. The monoisotopic (exact) mass is 411 g/mol. The van der Waals surface area contributed by atoms with Crippen molar-refractivity contribution in [2.24, 2.45) is 0 Å². The number of hydrogen-bond donors (Lipinski definition) is 0. The van der Waals surface area contributed by atoms with E-state index in [-0.39, 0.29) is 18.2 Å². The van der Waals surface area contributed by atoms with E-state index in [0.717, 1.165) is 85.0 Å². The van der Waals surface area contributed by atoms with Crippen molar-refractivity contribution < 1.29 is 19.1 Å². The Morgan fingerprint density at radius 3 is 2.24 bits per heavy atom. The van der Waals surface area contributed by atoms with Gasteiger partial charge in [0.05, 0.1) is 20.2 Å². The summed E-state index contributed by atoms with van der Waals surface area (Å²) in [6.45, 7) is 15.0. The van der Waals surface area contributed by atoms with Crippen LogP contribution in [-0.4, -0.2) is 141 Å². The van der Waals surface area contributed by atoms with E-state index in [2.05, 4.69) is 26.5 Å². The first-order valence-corrected chi connectivity index (χ1v) is 11.0. The number of hydrogen-bond acceptors (Lipinski definition) is 8. The maximum absolute atomic E-state index is 12.2. The molecule has 3 heterocycles. The number of rotatable bonds is 9. The summed E-state index contributed by atoms with van der Waals surface area (Å²) in [7, 11) is 1.42. The molecule has 0 aliphatic carbocycles. The minimum atomic E-state index is -0.189. The van der Waals surface area contributed by atoms with Crippen molar-refractivity contribution in [3.63, 3.8) is 0 Å². The smallest absolute Gasteiger partial charge is 0.410 e. The maximum Gasteiger partial charge on any atom is 0.410 e. The Morgan fingerprint density at radius 1 is 0.966 bits per heavy atom. The van der Waals surface area contributed by atoms with Gasteiger partial charge in [-0.15, -0.1) is 0 Å². The molecule has 166 valence electrons. The van der Waals surface area contributed by atoms with Gasteiger partial charge in [0, 0.05) is 65.4 Å². The zero-order valence-electron chi connectivity index (χ0n) is 18.1. The maximum atomic E-state index is 12.2. The van der Waals surface area contributed by atoms with Crippen LogP contribution in [-0.2, 0) is 14.3 Å². The van der Waals surface area contributed by atoms with Crippen molar-refractivity contribution in [1.29, 1.82) is 0 Å². The third kappa shape index (κ3) is 6.80. The number of likely N-dealkylation sites (N-methyl/N-ethyl adjacent to an activating group) is 1. The molecule has 0 aromatic rings. The van der Waals surface area contributed by atoms with E-state index >= 15 is 0 Å². The summed E-state index contributed by atoms with van der Waals surface area (Å²) < 4.78 is 10.3. The molecule has 1 atom stereocenters. The predicted molar refractivity (Wildman–Crippen MR) is 110 cm³/mol. The highest BCUT2D eigenvalue weighted by Gasteiger charge is 2.33. The highest BCUT2D eigenvalue weighted by atomic mass is 16.6. The fraction of sp³-hybridized carbons (Fsp3) is 0.900. The highest BCUT2D eigenvalue weighted by Crippen LogP contribution is 2.14. The van der Waals surface area contributed by atoms with Crippen molar-refractivity contribution in [1.82, 2.24) is 24.5 Å². The Balaban J connectivity index is 1.30. The van der Waals surface area contributed by atoms with Crippen molar-refractivity contribution in [3.8, 4) is 0 Å². The number of carbonyl (C=O) groups excluding carboxylic acids is 2. The number of nitrogens with zero attached hydrogens (tertiary/aromatic N) is 5. The molecule has 3 rings (SSSR count). The minimum Gasteiger partial charge on any atom is -0.468 e. The first-order chi connectivity index (χ1) is 14.1. The Bertz CT molecular complexity index is 533. The van der Waals surface area contributed by atoms with Gasteiger partial charge in [-0.2, -0.15) is 0 Å². The quantitative estimate of drug-likeness (QED) is 0.476.